The molecule has 29 heavy (non-hydrogen) atoms. The standard InChI is InChI=1S/C22H25N3O2S.ClH/c1-3-4-11-27-22(26)15-6-8-16(9-7-15)25-20-19-17-10-5-14(2)12-18(17)28-21(19)24-13-23-20;/h6-9,13-14H,3-5,10-12H2,1-2H3,(H,23,24,25);1H. The van der Waals surface area contributed by atoms with Gasteiger partial charge < -0.3 is 10.1 Å². The van der Waals surface area contributed by atoms with Crippen LogP contribution in [-0.2, 0) is 17.6 Å². The Bertz CT molecular complexity index is 988. The van der Waals surface area contributed by atoms with Crippen molar-refractivity contribution in [3.05, 3.63) is 46.6 Å². The van der Waals surface area contributed by atoms with Gasteiger partial charge in [-0.2, -0.15) is 0 Å². The van der Waals surface area contributed by atoms with Crippen molar-refractivity contribution in [2.45, 2.75) is 46.0 Å². The SMILES string of the molecule is CCCCOC(=O)c1ccc(Nc2ncnc3sc4c(c23)CCC(C)C4)cc1.Cl. The van der Waals surface area contributed by atoms with Crippen LogP contribution in [0.3, 0.4) is 0 Å². The summed E-state index contributed by atoms with van der Waals surface area (Å²) in [5, 5.41) is 4.57. The Hall–Kier alpha value is -2.18. The number of aryl methyl sites for hydroxylation is 1. The molecule has 4 rings (SSSR count). The summed E-state index contributed by atoms with van der Waals surface area (Å²) in [6, 6.07) is 7.37. The lowest BCUT2D eigenvalue weighted by molar-refractivity contribution is 0.0500. The van der Waals surface area contributed by atoms with Gasteiger partial charge in [0.25, 0.3) is 0 Å². The molecule has 0 fully saturated rings. The van der Waals surface area contributed by atoms with Crippen LogP contribution in [0.4, 0.5) is 11.5 Å². The van der Waals surface area contributed by atoms with E-state index in [1.165, 1.54) is 16.9 Å². The summed E-state index contributed by atoms with van der Waals surface area (Å²) >= 11 is 1.79. The van der Waals surface area contributed by atoms with Gasteiger partial charge in [-0.05, 0) is 61.4 Å². The summed E-state index contributed by atoms with van der Waals surface area (Å²) in [6.07, 6.45) is 6.94. The number of aromatic nitrogens is 2. The lowest BCUT2D eigenvalue weighted by atomic mass is 9.89. The van der Waals surface area contributed by atoms with Gasteiger partial charge in [0.1, 0.15) is 17.0 Å². The van der Waals surface area contributed by atoms with Gasteiger partial charge in [0.2, 0.25) is 0 Å². The Morgan fingerprint density at radius 1 is 1.28 bits per heavy atom. The number of nitrogens with one attached hydrogen (secondary N) is 1. The number of unbranched alkanes of at least 4 members (excludes halogenated alkanes) is 1. The quantitative estimate of drug-likeness (QED) is 0.386. The molecule has 154 valence electrons. The zero-order valence-electron chi connectivity index (χ0n) is 16.7. The number of carbonyl (C=O) groups excluding carboxylic acids is 1. The zero-order chi connectivity index (χ0) is 19.5. The molecule has 0 saturated heterocycles. The molecule has 1 unspecified atom stereocenters. The Kier molecular flexibility index (Phi) is 7.09. The van der Waals surface area contributed by atoms with Crippen molar-refractivity contribution in [3.8, 4) is 0 Å². The number of thiophene rings is 1. The van der Waals surface area contributed by atoms with E-state index in [9.17, 15) is 4.79 Å². The fourth-order valence-corrected chi connectivity index (χ4v) is 4.94. The molecule has 0 amide bonds. The minimum atomic E-state index is -0.273. The van der Waals surface area contributed by atoms with E-state index < -0.39 is 0 Å². The Morgan fingerprint density at radius 2 is 2.07 bits per heavy atom. The van der Waals surface area contributed by atoms with Gasteiger partial charge in [0, 0.05) is 10.6 Å². The first kappa shape index (κ1) is 21.5. The van der Waals surface area contributed by atoms with Crippen LogP contribution in [0.2, 0.25) is 0 Å². The number of hydrogen-bond acceptors (Lipinski definition) is 6. The maximum absolute atomic E-state index is 12.1. The van der Waals surface area contributed by atoms with E-state index in [4.69, 9.17) is 4.74 Å². The van der Waals surface area contributed by atoms with E-state index in [0.717, 1.165) is 53.3 Å². The number of esters is 1. The monoisotopic (exact) mass is 431 g/mol. The average molecular weight is 432 g/mol. The number of anilines is 2. The number of nitrogens with zero attached hydrogens (tertiary/aromatic N) is 2. The molecule has 0 spiro atoms. The number of hydrogen-bond donors (Lipinski definition) is 1. The lowest BCUT2D eigenvalue weighted by Gasteiger charge is -2.18. The van der Waals surface area contributed by atoms with Crippen LogP contribution in [0.25, 0.3) is 10.2 Å². The summed E-state index contributed by atoms with van der Waals surface area (Å²) in [4.78, 5) is 23.5. The van der Waals surface area contributed by atoms with Gasteiger partial charge in [-0.3, -0.25) is 0 Å². The molecule has 1 N–H and O–H groups in total. The van der Waals surface area contributed by atoms with Gasteiger partial charge in [-0.25, -0.2) is 14.8 Å². The second kappa shape index (κ2) is 9.55. The summed E-state index contributed by atoms with van der Waals surface area (Å²) in [6.45, 7) is 4.85. The van der Waals surface area contributed by atoms with Crippen LogP contribution in [-0.4, -0.2) is 22.5 Å². The van der Waals surface area contributed by atoms with Crippen molar-refractivity contribution < 1.29 is 9.53 Å². The Labute approximate surface area is 181 Å². The third-order valence-electron chi connectivity index (χ3n) is 5.21. The third kappa shape index (κ3) is 4.70. The van der Waals surface area contributed by atoms with Gasteiger partial charge >= 0.3 is 5.97 Å². The molecule has 1 aliphatic carbocycles. The van der Waals surface area contributed by atoms with E-state index in [2.05, 4.69) is 29.1 Å². The molecule has 3 aromatic rings. The van der Waals surface area contributed by atoms with E-state index >= 15 is 0 Å². The number of carbonyl (C=O) groups is 1. The normalized spacial score (nSPS) is 15.4. The number of ether oxygens (including phenoxy) is 1. The molecule has 1 aromatic carbocycles. The molecule has 0 radical (unpaired) electrons. The first-order valence-electron chi connectivity index (χ1n) is 9.95. The molecule has 0 saturated carbocycles. The van der Waals surface area contributed by atoms with E-state index in [1.807, 2.05) is 12.1 Å². The first-order chi connectivity index (χ1) is 13.7. The smallest absolute Gasteiger partial charge is 0.338 e. The molecular weight excluding hydrogens is 406 g/mol. The molecule has 2 aromatic heterocycles. The van der Waals surface area contributed by atoms with E-state index in [1.54, 1.807) is 29.8 Å². The van der Waals surface area contributed by atoms with E-state index in [-0.39, 0.29) is 18.4 Å². The Morgan fingerprint density at radius 3 is 2.83 bits per heavy atom. The molecule has 7 heteroatoms. The van der Waals surface area contributed by atoms with Crippen molar-refractivity contribution in [2.24, 2.45) is 5.92 Å². The van der Waals surface area contributed by atoms with Gasteiger partial charge in [0.15, 0.2) is 0 Å². The molecule has 2 heterocycles. The van der Waals surface area contributed by atoms with Crippen LogP contribution in [0.15, 0.2) is 30.6 Å². The highest BCUT2D eigenvalue weighted by molar-refractivity contribution is 7.19. The third-order valence-corrected chi connectivity index (χ3v) is 6.37. The number of fused-ring (bicyclic) bond motifs is 3. The van der Waals surface area contributed by atoms with Crippen molar-refractivity contribution in [3.63, 3.8) is 0 Å². The Balaban J connectivity index is 0.00000240. The van der Waals surface area contributed by atoms with Gasteiger partial charge in [-0.1, -0.05) is 20.3 Å². The molecule has 0 aliphatic heterocycles. The first-order valence-corrected chi connectivity index (χ1v) is 10.8. The number of halogens is 1. The van der Waals surface area contributed by atoms with Crippen molar-refractivity contribution in [1.29, 1.82) is 0 Å². The average Bonchev–Trinajstić information content (AvgIpc) is 3.07. The number of benzene rings is 1. The van der Waals surface area contributed by atoms with Crippen LogP contribution in [0.1, 0.15) is 53.9 Å². The second-order valence-corrected chi connectivity index (χ2v) is 8.53. The van der Waals surface area contributed by atoms with Crippen molar-refractivity contribution in [2.75, 3.05) is 11.9 Å². The fraction of sp³-hybridized carbons (Fsp3) is 0.409. The highest BCUT2D eigenvalue weighted by Gasteiger charge is 2.23. The summed E-state index contributed by atoms with van der Waals surface area (Å²) < 4.78 is 5.27. The molecule has 5 nitrogen and oxygen atoms in total. The van der Waals surface area contributed by atoms with Crippen LogP contribution in [0, 0.1) is 5.92 Å². The second-order valence-electron chi connectivity index (χ2n) is 7.45. The molecule has 1 aliphatic rings. The van der Waals surface area contributed by atoms with Gasteiger partial charge in [-0.15, -0.1) is 23.7 Å². The maximum atomic E-state index is 12.1. The predicted molar refractivity (Wildman–Crippen MR) is 121 cm³/mol. The largest absolute Gasteiger partial charge is 0.462 e. The van der Waals surface area contributed by atoms with Gasteiger partial charge in [0.05, 0.1) is 17.6 Å². The molecule has 1 atom stereocenters. The van der Waals surface area contributed by atoms with Crippen molar-refractivity contribution >= 4 is 51.4 Å². The number of rotatable bonds is 6. The topological polar surface area (TPSA) is 64.1 Å². The highest BCUT2D eigenvalue weighted by Crippen LogP contribution is 2.40. The van der Waals surface area contributed by atoms with Crippen LogP contribution >= 0.6 is 23.7 Å². The summed E-state index contributed by atoms with van der Waals surface area (Å²) in [5.74, 6) is 1.30. The predicted octanol–water partition coefficient (Wildman–Crippen LogP) is 5.94. The van der Waals surface area contributed by atoms with Crippen LogP contribution < -0.4 is 5.32 Å². The summed E-state index contributed by atoms with van der Waals surface area (Å²) in [5.41, 5.74) is 2.86. The molecular formula is C22H26ClN3O2S. The highest BCUT2D eigenvalue weighted by atomic mass is 35.5. The minimum Gasteiger partial charge on any atom is -0.462 e. The minimum absolute atomic E-state index is 0. The van der Waals surface area contributed by atoms with Crippen LogP contribution in [0.5, 0.6) is 0 Å². The summed E-state index contributed by atoms with van der Waals surface area (Å²) in [7, 11) is 0. The lowest BCUT2D eigenvalue weighted by Crippen LogP contribution is -2.09. The maximum Gasteiger partial charge on any atom is 0.338 e. The zero-order valence-corrected chi connectivity index (χ0v) is 18.4. The van der Waals surface area contributed by atoms with E-state index in [0.29, 0.717) is 12.2 Å². The van der Waals surface area contributed by atoms with Crippen molar-refractivity contribution in [1.82, 2.24) is 9.97 Å². The molecule has 0 bridgehead atoms. The fourth-order valence-electron chi connectivity index (χ4n) is 3.59.